The first kappa shape index (κ1) is 18.6. The van der Waals surface area contributed by atoms with Gasteiger partial charge in [-0.05, 0) is 46.2 Å². The molecule has 0 saturated carbocycles. The number of carbonyl (C=O) groups is 1. The van der Waals surface area contributed by atoms with Gasteiger partial charge in [0, 0.05) is 25.7 Å². The van der Waals surface area contributed by atoms with Crippen LogP contribution < -0.4 is 10.1 Å². The lowest BCUT2D eigenvalue weighted by atomic mass is 10.0. The fraction of sp³-hybridized carbons (Fsp3) is 0.350. The predicted molar refractivity (Wildman–Crippen MR) is 104 cm³/mol. The summed E-state index contributed by atoms with van der Waals surface area (Å²) in [6.45, 7) is 3.71. The van der Waals surface area contributed by atoms with Gasteiger partial charge in [0.25, 0.3) is 0 Å². The van der Waals surface area contributed by atoms with Crippen LogP contribution in [0.5, 0.6) is 5.75 Å². The van der Waals surface area contributed by atoms with Crippen LogP contribution in [0.25, 0.3) is 6.08 Å². The zero-order chi connectivity index (χ0) is 18.2. The van der Waals surface area contributed by atoms with Gasteiger partial charge in [0.1, 0.15) is 5.75 Å². The summed E-state index contributed by atoms with van der Waals surface area (Å²) in [7, 11) is 1.66. The van der Waals surface area contributed by atoms with E-state index < -0.39 is 0 Å². The van der Waals surface area contributed by atoms with Gasteiger partial charge in [0.2, 0.25) is 5.91 Å². The maximum absolute atomic E-state index is 12.2. The highest BCUT2D eigenvalue weighted by molar-refractivity contribution is 7.08. The molecule has 5 nitrogen and oxygen atoms in total. The third-order valence-electron chi connectivity index (χ3n) is 4.43. The number of nitrogens with one attached hydrogen (secondary N) is 1. The average Bonchev–Trinajstić information content (AvgIpc) is 3.21. The van der Waals surface area contributed by atoms with Crippen LogP contribution in [0.2, 0.25) is 0 Å². The topological polar surface area (TPSA) is 50.8 Å². The minimum Gasteiger partial charge on any atom is -0.497 e. The van der Waals surface area contributed by atoms with E-state index in [2.05, 4.69) is 22.3 Å². The van der Waals surface area contributed by atoms with Crippen molar-refractivity contribution in [2.75, 3.05) is 40.0 Å². The van der Waals surface area contributed by atoms with E-state index >= 15 is 0 Å². The van der Waals surface area contributed by atoms with Crippen molar-refractivity contribution in [2.24, 2.45) is 0 Å². The van der Waals surface area contributed by atoms with Crippen LogP contribution >= 0.6 is 11.3 Å². The number of carbonyl (C=O) groups excluding carboxylic acids is 1. The maximum Gasteiger partial charge on any atom is 0.244 e. The zero-order valence-corrected chi connectivity index (χ0v) is 15.7. The van der Waals surface area contributed by atoms with E-state index in [0.29, 0.717) is 6.54 Å². The fourth-order valence-corrected chi connectivity index (χ4v) is 3.60. The highest BCUT2D eigenvalue weighted by atomic mass is 32.1. The van der Waals surface area contributed by atoms with E-state index in [1.165, 1.54) is 0 Å². The third kappa shape index (κ3) is 5.17. The molecule has 1 amide bonds. The second kappa shape index (κ2) is 9.52. The van der Waals surface area contributed by atoms with Crippen molar-refractivity contribution in [3.8, 4) is 5.75 Å². The van der Waals surface area contributed by atoms with Crippen molar-refractivity contribution in [1.29, 1.82) is 0 Å². The van der Waals surface area contributed by atoms with Crippen molar-refractivity contribution in [1.82, 2.24) is 10.2 Å². The molecule has 6 heteroatoms. The van der Waals surface area contributed by atoms with Crippen LogP contribution in [0.15, 0.2) is 47.2 Å². The third-order valence-corrected chi connectivity index (χ3v) is 5.13. The van der Waals surface area contributed by atoms with Gasteiger partial charge in [-0.3, -0.25) is 9.69 Å². The minimum absolute atomic E-state index is 0.0806. The van der Waals surface area contributed by atoms with Gasteiger partial charge in [0.05, 0.1) is 26.4 Å². The van der Waals surface area contributed by atoms with E-state index in [1.54, 1.807) is 24.5 Å². The number of ether oxygens (including phenoxy) is 2. The molecule has 0 bridgehead atoms. The molecule has 1 saturated heterocycles. The molecule has 0 spiro atoms. The van der Waals surface area contributed by atoms with Crippen molar-refractivity contribution >= 4 is 23.3 Å². The Balaban J connectivity index is 1.65. The Kier molecular flexibility index (Phi) is 6.82. The first-order chi connectivity index (χ1) is 12.8. The average molecular weight is 372 g/mol. The molecule has 2 heterocycles. The van der Waals surface area contributed by atoms with Gasteiger partial charge in [0.15, 0.2) is 0 Å². The minimum atomic E-state index is -0.0806. The Morgan fingerprint density at radius 2 is 2.08 bits per heavy atom. The summed E-state index contributed by atoms with van der Waals surface area (Å²) >= 11 is 1.62. The van der Waals surface area contributed by atoms with Crippen molar-refractivity contribution in [3.63, 3.8) is 0 Å². The van der Waals surface area contributed by atoms with Gasteiger partial charge >= 0.3 is 0 Å². The Labute approximate surface area is 158 Å². The number of hydrogen-bond donors (Lipinski definition) is 1. The van der Waals surface area contributed by atoms with Gasteiger partial charge in [-0.25, -0.2) is 0 Å². The molecule has 1 aromatic heterocycles. The summed E-state index contributed by atoms with van der Waals surface area (Å²) in [5, 5.41) is 7.04. The monoisotopic (exact) mass is 372 g/mol. The van der Waals surface area contributed by atoms with E-state index in [9.17, 15) is 4.79 Å². The van der Waals surface area contributed by atoms with Crippen molar-refractivity contribution in [3.05, 3.63) is 58.3 Å². The Hall–Kier alpha value is -2.15. The van der Waals surface area contributed by atoms with E-state index in [0.717, 1.165) is 43.2 Å². The SMILES string of the molecule is COc1ccc(C(CNC(=O)/C=C/c2ccsc2)N2CCOCC2)cc1. The van der Waals surface area contributed by atoms with Crippen LogP contribution in [0.1, 0.15) is 17.2 Å². The summed E-state index contributed by atoms with van der Waals surface area (Å²) in [5.74, 6) is 0.750. The smallest absolute Gasteiger partial charge is 0.244 e. The van der Waals surface area contributed by atoms with Crippen LogP contribution in [-0.2, 0) is 9.53 Å². The van der Waals surface area contributed by atoms with E-state index in [-0.39, 0.29) is 11.9 Å². The maximum atomic E-state index is 12.2. The standard InChI is InChI=1S/C20H24N2O3S/c1-24-18-5-3-17(4-6-18)19(22-9-11-25-12-10-22)14-21-20(23)7-2-16-8-13-26-15-16/h2-8,13,15,19H,9-12,14H2,1H3,(H,21,23)/b7-2+. The van der Waals surface area contributed by atoms with Crippen molar-refractivity contribution in [2.45, 2.75) is 6.04 Å². The highest BCUT2D eigenvalue weighted by Crippen LogP contribution is 2.23. The molecule has 1 aliphatic heterocycles. The molecule has 1 aromatic carbocycles. The van der Waals surface area contributed by atoms with E-state index in [4.69, 9.17) is 9.47 Å². The van der Waals surface area contributed by atoms with Crippen LogP contribution in [0, 0.1) is 0 Å². The molecule has 138 valence electrons. The summed E-state index contributed by atoms with van der Waals surface area (Å²) < 4.78 is 10.7. The fourth-order valence-electron chi connectivity index (χ4n) is 2.97. The molecule has 0 aliphatic carbocycles. The molecule has 0 radical (unpaired) electrons. The lowest BCUT2D eigenvalue weighted by Gasteiger charge is -2.34. The summed E-state index contributed by atoms with van der Waals surface area (Å²) in [5.41, 5.74) is 2.21. The summed E-state index contributed by atoms with van der Waals surface area (Å²) in [6.07, 6.45) is 3.43. The van der Waals surface area contributed by atoms with Gasteiger partial charge in [-0.2, -0.15) is 11.3 Å². The van der Waals surface area contributed by atoms with Crippen LogP contribution in [0.4, 0.5) is 0 Å². The number of thiophene rings is 1. The molecule has 1 N–H and O–H groups in total. The normalized spacial score (nSPS) is 16.5. The highest BCUT2D eigenvalue weighted by Gasteiger charge is 2.23. The number of hydrogen-bond acceptors (Lipinski definition) is 5. The Morgan fingerprint density at radius 1 is 1.31 bits per heavy atom. The number of methoxy groups -OCH3 is 1. The van der Waals surface area contributed by atoms with Crippen LogP contribution in [0.3, 0.4) is 0 Å². The first-order valence-electron chi connectivity index (χ1n) is 8.70. The quantitative estimate of drug-likeness (QED) is 0.759. The molecule has 1 atom stereocenters. The molecular formula is C20H24N2O3S. The molecule has 2 aromatic rings. The molecular weight excluding hydrogens is 348 g/mol. The van der Waals surface area contributed by atoms with E-state index in [1.807, 2.05) is 35.0 Å². The number of nitrogens with zero attached hydrogens (tertiary/aromatic N) is 1. The second-order valence-corrected chi connectivity index (χ2v) is 6.85. The van der Waals surface area contributed by atoms with Gasteiger partial charge in [-0.1, -0.05) is 12.1 Å². The van der Waals surface area contributed by atoms with Gasteiger partial charge in [-0.15, -0.1) is 0 Å². The summed E-state index contributed by atoms with van der Waals surface area (Å²) in [4.78, 5) is 14.6. The molecule has 1 unspecified atom stereocenters. The van der Waals surface area contributed by atoms with Crippen LogP contribution in [-0.4, -0.2) is 50.8 Å². The molecule has 1 fully saturated rings. The molecule has 26 heavy (non-hydrogen) atoms. The molecule has 3 rings (SSSR count). The lowest BCUT2D eigenvalue weighted by Crippen LogP contribution is -2.43. The number of amides is 1. The summed E-state index contributed by atoms with van der Waals surface area (Å²) in [6, 6.07) is 10.1. The number of rotatable bonds is 7. The molecule has 1 aliphatic rings. The van der Waals surface area contributed by atoms with Gasteiger partial charge < -0.3 is 14.8 Å². The van der Waals surface area contributed by atoms with Crippen molar-refractivity contribution < 1.29 is 14.3 Å². The second-order valence-electron chi connectivity index (χ2n) is 6.07. The Bertz CT molecular complexity index is 707. The number of morpholine rings is 1. The first-order valence-corrected chi connectivity index (χ1v) is 9.64. The predicted octanol–water partition coefficient (Wildman–Crippen LogP) is 2.96. The Morgan fingerprint density at radius 3 is 2.73 bits per heavy atom. The zero-order valence-electron chi connectivity index (χ0n) is 14.9. The number of benzene rings is 1. The largest absolute Gasteiger partial charge is 0.497 e. The lowest BCUT2D eigenvalue weighted by molar-refractivity contribution is -0.116.